The Balaban J connectivity index is 2.21. The van der Waals surface area contributed by atoms with Gasteiger partial charge in [-0.15, -0.1) is 0 Å². The number of aryl methyl sites for hydroxylation is 1. The van der Waals surface area contributed by atoms with Crippen molar-refractivity contribution >= 4 is 5.91 Å². The summed E-state index contributed by atoms with van der Waals surface area (Å²) in [6.45, 7) is 6.16. The van der Waals surface area contributed by atoms with Crippen molar-refractivity contribution in [3.8, 4) is 17.0 Å². The first-order chi connectivity index (χ1) is 10.4. The Bertz CT molecular complexity index is 644. The number of benzene rings is 1. The maximum atomic E-state index is 12.3. The lowest BCUT2D eigenvalue weighted by Crippen LogP contribution is -2.37. The molecule has 1 aromatic heterocycles. The van der Waals surface area contributed by atoms with Gasteiger partial charge < -0.3 is 10.1 Å². The molecule has 0 spiro atoms. The standard InChI is InChI=1S/C17H23N3O2/c1-11(2)12(3)18-17(21)16-10-15(19-20(16)4)13-6-8-14(22-5)9-7-13/h6-12H,1-5H3,(H,18,21). The molecule has 5 heteroatoms. The molecule has 0 aliphatic rings. The summed E-state index contributed by atoms with van der Waals surface area (Å²) in [5.74, 6) is 1.08. The van der Waals surface area contributed by atoms with E-state index in [4.69, 9.17) is 4.74 Å². The summed E-state index contributed by atoms with van der Waals surface area (Å²) in [7, 11) is 3.41. The van der Waals surface area contributed by atoms with Crippen LogP contribution in [0.1, 0.15) is 31.3 Å². The number of methoxy groups -OCH3 is 1. The first kappa shape index (κ1) is 16.1. The molecule has 1 amide bonds. The van der Waals surface area contributed by atoms with Gasteiger partial charge in [-0.2, -0.15) is 5.10 Å². The lowest BCUT2D eigenvalue weighted by Gasteiger charge is -2.17. The van der Waals surface area contributed by atoms with Crippen molar-refractivity contribution in [2.24, 2.45) is 13.0 Å². The predicted molar refractivity (Wildman–Crippen MR) is 87.0 cm³/mol. The van der Waals surface area contributed by atoms with E-state index in [-0.39, 0.29) is 11.9 Å². The highest BCUT2D eigenvalue weighted by molar-refractivity contribution is 5.93. The lowest BCUT2D eigenvalue weighted by molar-refractivity contribution is 0.0921. The molecule has 1 heterocycles. The molecule has 1 N–H and O–H groups in total. The van der Waals surface area contributed by atoms with Gasteiger partial charge in [0.05, 0.1) is 12.8 Å². The fourth-order valence-corrected chi connectivity index (χ4v) is 2.03. The summed E-state index contributed by atoms with van der Waals surface area (Å²) < 4.78 is 6.76. The zero-order chi connectivity index (χ0) is 16.3. The molecule has 2 rings (SSSR count). The summed E-state index contributed by atoms with van der Waals surface area (Å²) in [6, 6.07) is 9.55. The molecule has 0 radical (unpaired) electrons. The number of carbonyl (C=O) groups is 1. The van der Waals surface area contributed by atoms with Gasteiger partial charge in [-0.25, -0.2) is 0 Å². The van der Waals surface area contributed by atoms with Crippen LogP contribution in [-0.4, -0.2) is 28.8 Å². The predicted octanol–water partition coefficient (Wildman–Crippen LogP) is 2.87. The number of carbonyl (C=O) groups excluding carboxylic acids is 1. The van der Waals surface area contributed by atoms with Crippen molar-refractivity contribution in [1.82, 2.24) is 15.1 Å². The molecule has 0 aliphatic heterocycles. The third-order valence-corrected chi connectivity index (χ3v) is 3.86. The molecule has 1 unspecified atom stereocenters. The van der Waals surface area contributed by atoms with E-state index in [1.54, 1.807) is 18.8 Å². The number of nitrogens with zero attached hydrogens (tertiary/aromatic N) is 2. The van der Waals surface area contributed by atoms with Gasteiger partial charge in [0.2, 0.25) is 0 Å². The highest BCUT2D eigenvalue weighted by Crippen LogP contribution is 2.22. The van der Waals surface area contributed by atoms with E-state index in [0.29, 0.717) is 11.6 Å². The second-order valence-corrected chi connectivity index (χ2v) is 5.77. The average molecular weight is 301 g/mol. The normalized spacial score (nSPS) is 12.3. The van der Waals surface area contributed by atoms with Crippen LogP contribution in [0.5, 0.6) is 5.75 Å². The van der Waals surface area contributed by atoms with Crippen molar-refractivity contribution < 1.29 is 9.53 Å². The second-order valence-electron chi connectivity index (χ2n) is 5.77. The minimum Gasteiger partial charge on any atom is -0.497 e. The maximum absolute atomic E-state index is 12.3. The molecule has 22 heavy (non-hydrogen) atoms. The molecule has 1 aromatic carbocycles. The minimum atomic E-state index is -0.101. The fraction of sp³-hybridized carbons (Fsp3) is 0.412. The van der Waals surface area contributed by atoms with E-state index < -0.39 is 0 Å². The Kier molecular flexibility index (Phi) is 4.85. The van der Waals surface area contributed by atoms with E-state index in [9.17, 15) is 4.79 Å². The first-order valence-electron chi connectivity index (χ1n) is 7.41. The van der Waals surface area contributed by atoms with Crippen LogP contribution in [0.15, 0.2) is 30.3 Å². The van der Waals surface area contributed by atoms with Gasteiger partial charge in [-0.3, -0.25) is 9.48 Å². The molecule has 0 fully saturated rings. The molecule has 0 aliphatic carbocycles. The Morgan fingerprint density at radius 2 is 1.86 bits per heavy atom. The van der Waals surface area contributed by atoms with E-state index in [1.165, 1.54) is 0 Å². The largest absolute Gasteiger partial charge is 0.497 e. The van der Waals surface area contributed by atoms with Crippen LogP contribution in [0.25, 0.3) is 11.3 Å². The molecule has 0 saturated carbocycles. The number of amides is 1. The van der Waals surface area contributed by atoms with Crippen molar-refractivity contribution in [2.45, 2.75) is 26.8 Å². The smallest absolute Gasteiger partial charge is 0.269 e. The van der Waals surface area contributed by atoms with Crippen LogP contribution in [0, 0.1) is 5.92 Å². The van der Waals surface area contributed by atoms with Gasteiger partial charge in [0.15, 0.2) is 0 Å². The van der Waals surface area contributed by atoms with Gasteiger partial charge in [0.1, 0.15) is 11.4 Å². The Morgan fingerprint density at radius 1 is 1.23 bits per heavy atom. The molecule has 1 atom stereocenters. The van der Waals surface area contributed by atoms with Crippen LogP contribution in [0.4, 0.5) is 0 Å². The van der Waals surface area contributed by atoms with Crippen LogP contribution in [0.2, 0.25) is 0 Å². The number of nitrogens with one attached hydrogen (secondary N) is 1. The quantitative estimate of drug-likeness (QED) is 0.924. The Labute approximate surface area is 131 Å². The van der Waals surface area contributed by atoms with Crippen molar-refractivity contribution in [2.75, 3.05) is 7.11 Å². The molecular formula is C17H23N3O2. The Morgan fingerprint density at radius 3 is 2.41 bits per heavy atom. The monoisotopic (exact) mass is 301 g/mol. The van der Waals surface area contributed by atoms with Crippen LogP contribution in [0.3, 0.4) is 0 Å². The molecule has 118 valence electrons. The van der Waals surface area contributed by atoms with Crippen LogP contribution >= 0.6 is 0 Å². The Hall–Kier alpha value is -2.30. The van der Waals surface area contributed by atoms with Crippen LogP contribution < -0.4 is 10.1 Å². The summed E-state index contributed by atoms with van der Waals surface area (Å²) in [5.41, 5.74) is 2.28. The fourth-order valence-electron chi connectivity index (χ4n) is 2.03. The van der Waals surface area contributed by atoms with Gasteiger partial charge in [0, 0.05) is 18.7 Å². The summed E-state index contributed by atoms with van der Waals surface area (Å²) in [5, 5.41) is 7.42. The van der Waals surface area contributed by atoms with Crippen molar-refractivity contribution in [1.29, 1.82) is 0 Å². The molecule has 0 saturated heterocycles. The third-order valence-electron chi connectivity index (χ3n) is 3.86. The summed E-state index contributed by atoms with van der Waals surface area (Å²) in [6.07, 6.45) is 0. The topological polar surface area (TPSA) is 56.1 Å². The number of hydrogen-bond donors (Lipinski definition) is 1. The second kappa shape index (κ2) is 6.64. The van der Waals surface area contributed by atoms with Crippen molar-refractivity contribution in [3.63, 3.8) is 0 Å². The number of rotatable bonds is 5. The molecule has 5 nitrogen and oxygen atoms in total. The van der Waals surface area contributed by atoms with E-state index >= 15 is 0 Å². The average Bonchev–Trinajstić information content (AvgIpc) is 2.89. The summed E-state index contributed by atoms with van der Waals surface area (Å²) >= 11 is 0. The number of aromatic nitrogens is 2. The van der Waals surface area contributed by atoms with Gasteiger partial charge >= 0.3 is 0 Å². The zero-order valence-electron chi connectivity index (χ0n) is 13.8. The highest BCUT2D eigenvalue weighted by atomic mass is 16.5. The maximum Gasteiger partial charge on any atom is 0.269 e. The minimum absolute atomic E-state index is 0.101. The van der Waals surface area contributed by atoms with Gasteiger partial charge in [-0.1, -0.05) is 13.8 Å². The first-order valence-corrected chi connectivity index (χ1v) is 7.41. The number of ether oxygens (including phenoxy) is 1. The lowest BCUT2D eigenvalue weighted by atomic mass is 10.1. The molecular weight excluding hydrogens is 278 g/mol. The van der Waals surface area contributed by atoms with Crippen LogP contribution in [-0.2, 0) is 7.05 Å². The third kappa shape index (κ3) is 3.47. The van der Waals surface area contributed by atoms with E-state index in [1.807, 2.05) is 37.3 Å². The molecule has 0 bridgehead atoms. The van der Waals surface area contributed by atoms with Gasteiger partial charge in [0.25, 0.3) is 5.91 Å². The SMILES string of the molecule is COc1ccc(-c2cc(C(=O)NC(C)C(C)C)n(C)n2)cc1. The van der Waals surface area contributed by atoms with E-state index in [2.05, 4.69) is 24.3 Å². The number of hydrogen-bond acceptors (Lipinski definition) is 3. The summed E-state index contributed by atoms with van der Waals surface area (Å²) in [4.78, 5) is 12.3. The zero-order valence-corrected chi connectivity index (χ0v) is 13.8. The van der Waals surface area contributed by atoms with Gasteiger partial charge in [-0.05, 0) is 43.2 Å². The molecule has 2 aromatic rings. The highest BCUT2D eigenvalue weighted by Gasteiger charge is 2.17. The van der Waals surface area contributed by atoms with E-state index in [0.717, 1.165) is 17.0 Å². The van der Waals surface area contributed by atoms with Crippen molar-refractivity contribution in [3.05, 3.63) is 36.0 Å².